The first-order valence-electron chi connectivity index (χ1n) is 9.43. The predicted octanol–water partition coefficient (Wildman–Crippen LogP) is 3.00. The van der Waals surface area contributed by atoms with Crippen LogP contribution in [0.25, 0.3) is 11.3 Å². The van der Waals surface area contributed by atoms with Crippen molar-refractivity contribution in [2.24, 2.45) is 0 Å². The van der Waals surface area contributed by atoms with E-state index in [1.165, 1.54) is 4.31 Å². The zero-order valence-corrected chi connectivity index (χ0v) is 16.6. The Morgan fingerprint density at radius 1 is 0.966 bits per heavy atom. The normalized spacial score (nSPS) is 16.0. The second kappa shape index (κ2) is 7.81. The minimum absolute atomic E-state index is 0.0809. The van der Waals surface area contributed by atoms with E-state index < -0.39 is 10.0 Å². The molecular formula is C21H22N4O3S. The van der Waals surface area contributed by atoms with Crippen LogP contribution < -0.4 is 5.73 Å². The van der Waals surface area contributed by atoms with Gasteiger partial charge in [0.05, 0.1) is 10.6 Å². The van der Waals surface area contributed by atoms with Crippen molar-refractivity contribution in [1.82, 2.24) is 14.5 Å². The molecule has 3 aromatic rings. The van der Waals surface area contributed by atoms with Crippen LogP contribution in [0.1, 0.15) is 24.3 Å². The molecule has 0 atom stereocenters. The Bertz CT molecular complexity index is 1110. The highest BCUT2D eigenvalue weighted by atomic mass is 32.2. The number of aromatic hydroxyl groups is 1. The summed E-state index contributed by atoms with van der Waals surface area (Å²) >= 11 is 0. The quantitative estimate of drug-likeness (QED) is 0.684. The van der Waals surface area contributed by atoms with Crippen LogP contribution in [0.3, 0.4) is 0 Å². The molecule has 0 spiro atoms. The molecule has 3 N–H and O–H groups in total. The second-order valence-corrected chi connectivity index (χ2v) is 9.02. The number of hydrogen-bond acceptors (Lipinski definition) is 6. The molecule has 29 heavy (non-hydrogen) atoms. The number of hydrogen-bond donors (Lipinski definition) is 2. The van der Waals surface area contributed by atoms with Crippen LogP contribution in [-0.2, 0) is 10.0 Å². The SMILES string of the molecule is Nc1nnc(-c2ccccc2O)cc1C1CCN(S(=O)(=O)c2ccccc2)CC1. The van der Waals surface area contributed by atoms with Crippen LogP contribution in [0.15, 0.2) is 65.6 Å². The predicted molar refractivity (Wildman–Crippen MR) is 111 cm³/mol. The third-order valence-electron chi connectivity index (χ3n) is 5.31. The van der Waals surface area contributed by atoms with E-state index in [-0.39, 0.29) is 11.7 Å². The van der Waals surface area contributed by atoms with Crippen molar-refractivity contribution in [3.8, 4) is 17.0 Å². The molecule has 1 aromatic heterocycles. The highest BCUT2D eigenvalue weighted by Crippen LogP contribution is 2.35. The molecule has 0 bridgehead atoms. The zero-order valence-electron chi connectivity index (χ0n) is 15.8. The molecule has 8 heteroatoms. The Labute approximate surface area is 169 Å². The maximum atomic E-state index is 12.8. The molecule has 0 aliphatic carbocycles. The fraction of sp³-hybridized carbons (Fsp3) is 0.238. The molecular weight excluding hydrogens is 388 g/mol. The number of para-hydroxylation sites is 1. The second-order valence-electron chi connectivity index (χ2n) is 7.08. The average Bonchev–Trinajstić information content (AvgIpc) is 2.75. The van der Waals surface area contributed by atoms with E-state index in [4.69, 9.17) is 5.73 Å². The lowest BCUT2D eigenvalue weighted by Crippen LogP contribution is -2.38. The Morgan fingerprint density at radius 3 is 2.31 bits per heavy atom. The van der Waals surface area contributed by atoms with Crippen molar-refractivity contribution in [2.45, 2.75) is 23.7 Å². The number of rotatable bonds is 4. The summed E-state index contributed by atoms with van der Waals surface area (Å²) in [5, 5.41) is 18.3. The van der Waals surface area contributed by atoms with Crippen LogP contribution in [0.2, 0.25) is 0 Å². The van der Waals surface area contributed by atoms with Gasteiger partial charge in [-0.15, -0.1) is 10.2 Å². The number of anilines is 1. The molecule has 0 saturated carbocycles. The van der Waals surface area contributed by atoms with Crippen molar-refractivity contribution >= 4 is 15.8 Å². The topological polar surface area (TPSA) is 109 Å². The number of phenolic OH excluding ortho intramolecular Hbond substituents is 1. The third kappa shape index (κ3) is 3.81. The van der Waals surface area contributed by atoms with E-state index in [1.54, 1.807) is 48.5 Å². The molecule has 7 nitrogen and oxygen atoms in total. The molecule has 1 aliphatic rings. The van der Waals surface area contributed by atoms with E-state index in [9.17, 15) is 13.5 Å². The maximum absolute atomic E-state index is 12.8. The van der Waals surface area contributed by atoms with E-state index in [2.05, 4.69) is 10.2 Å². The molecule has 1 aliphatic heterocycles. The lowest BCUT2D eigenvalue weighted by molar-refractivity contribution is 0.319. The molecule has 0 unspecified atom stereocenters. The Kier molecular flexibility index (Phi) is 5.21. The first-order chi connectivity index (χ1) is 14.0. The number of benzene rings is 2. The van der Waals surface area contributed by atoms with Crippen molar-refractivity contribution < 1.29 is 13.5 Å². The number of aromatic nitrogens is 2. The van der Waals surface area contributed by atoms with Gasteiger partial charge in [0.25, 0.3) is 0 Å². The Hall–Kier alpha value is -2.97. The summed E-state index contributed by atoms with van der Waals surface area (Å²) in [7, 11) is -3.49. The van der Waals surface area contributed by atoms with Gasteiger partial charge >= 0.3 is 0 Å². The van der Waals surface area contributed by atoms with Gasteiger partial charge in [0, 0.05) is 24.2 Å². The van der Waals surface area contributed by atoms with Gasteiger partial charge in [-0.3, -0.25) is 0 Å². The van der Waals surface area contributed by atoms with Crippen LogP contribution in [0.4, 0.5) is 5.82 Å². The van der Waals surface area contributed by atoms with Gasteiger partial charge in [0.1, 0.15) is 11.6 Å². The van der Waals surface area contributed by atoms with Gasteiger partial charge < -0.3 is 10.8 Å². The molecule has 150 valence electrons. The smallest absolute Gasteiger partial charge is 0.243 e. The number of phenols is 1. The lowest BCUT2D eigenvalue weighted by Gasteiger charge is -2.31. The summed E-state index contributed by atoms with van der Waals surface area (Å²) in [6.45, 7) is 0.825. The van der Waals surface area contributed by atoms with Crippen LogP contribution in [0.5, 0.6) is 5.75 Å². The Morgan fingerprint density at radius 2 is 1.62 bits per heavy atom. The molecule has 0 radical (unpaired) electrons. The molecule has 4 rings (SSSR count). The molecule has 1 fully saturated rings. The summed E-state index contributed by atoms with van der Waals surface area (Å²) in [5.41, 5.74) is 8.06. The summed E-state index contributed by atoms with van der Waals surface area (Å²) < 4.78 is 27.2. The molecule has 0 amide bonds. The third-order valence-corrected chi connectivity index (χ3v) is 7.22. The van der Waals surface area contributed by atoms with E-state index in [0.717, 1.165) is 5.56 Å². The fourth-order valence-electron chi connectivity index (χ4n) is 3.71. The molecule has 2 aromatic carbocycles. The van der Waals surface area contributed by atoms with E-state index >= 15 is 0 Å². The highest BCUT2D eigenvalue weighted by molar-refractivity contribution is 7.89. The van der Waals surface area contributed by atoms with Gasteiger partial charge in [-0.25, -0.2) is 8.42 Å². The van der Waals surface area contributed by atoms with Gasteiger partial charge in [-0.1, -0.05) is 30.3 Å². The van der Waals surface area contributed by atoms with E-state index in [1.807, 2.05) is 12.1 Å². The summed E-state index contributed by atoms with van der Waals surface area (Å²) in [6, 6.07) is 17.3. The van der Waals surface area contributed by atoms with Crippen molar-refractivity contribution in [2.75, 3.05) is 18.8 Å². The van der Waals surface area contributed by atoms with E-state index in [0.29, 0.717) is 47.9 Å². The average molecular weight is 410 g/mol. The number of nitrogens with zero attached hydrogens (tertiary/aromatic N) is 3. The first kappa shape index (κ1) is 19.4. The standard InChI is InChI=1S/C21H22N4O3S/c22-21-18(14-19(23-24-21)17-8-4-5-9-20(17)26)15-10-12-25(13-11-15)29(27,28)16-6-2-1-3-7-16/h1-9,14-15,26H,10-13H2,(H2,22,24). The summed E-state index contributed by atoms with van der Waals surface area (Å²) in [6.07, 6.45) is 1.28. The minimum atomic E-state index is -3.49. The first-order valence-corrected chi connectivity index (χ1v) is 10.9. The van der Waals surface area contributed by atoms with Gasteiger partial charge in [0.2, 0.25) is 10.0 Å². The minimum Gasteiger partial charge on any atom is -0.507 e. The van der Waals surface area contributed by atoms with Gasteiger partial charge in [-0.2, -0.15) is 4.31 Å². The van der Waals surface area contributed by atoms with Crippen molar-refractivity contribution in [3.05, 3.63) is 66.2 Å². The lowest BCUT2D eigenvalue weighted by atomic mass is 9.90. The number of nitrogens with two attached hydrogens (primary N) is 1. The monoisotopic (exact) mass is 410 g/mol. The molecule has 1 saturated heterocycles. The summed E-state index contributed by atoms with van der Waals surface area (Å²) in [4.78, 5) is 0.311. The molecule has 2 heterocycles. The highest BCUT2D eigenvalue weighted by Gasteiger charge is 2.31. The van der Waals surface area contributed by atoms with Crippen LogP contribution in [0, 0.1) is 0 Å². The van der Waals surface area contributed by atoms with Gasteiger partial charge in [0.15, 0.2) is 0 Å². The maximum Gasteiger partial charge on any atom is 0.243 e. The number of sulfonamides is 1. The van der Waals surface area contributed by atoms with Gasteiger partial charge in [-0.05, 0) is 49.1 Å². The fourth-order valence-corrected chi connectivity index (χ4v) is 5.20. The Balaban J connectivity index is 1.55. The van der Waals surface area contributed by atoms with Crippen LogP contribution in [-0.4, -0.2) is 41.1 Å². The largest absolute Gasteiger partial charge is 0.507 e. The number of piperidine rings is 1. The van der Waals surface area contributed by atoms with Crippen molar-refractivity contribution in [1.29, 1.82) is 0 Å². The van der Waals surface area contributed by atoms with Crippen LogP contribution >= 0.6 is 0 Å². The number of nitrogen functional groups attached to an aromatic ring is 1. The van der Waals surface area contributed by atoms with Crippen molar-refractivity contribution in [3.63, 3.8) is 0 Å². The summed E-state index contributed by atoms with van der Waals surface area (Å²) in [5.74, 6) is 0.548. The zero-order chi connectivity index (χ0) is 20.4.